The molecular formula is C17H22ClN7O. The number of carbonyl (C=O) groups excluding carboxylic acids is 1. The Balaban J connectivity index is 1.66. The van der Waals surface area contributed by atoms with Crippen LogP contribution in [0.2, 0.25) is 5.02 Å². The third-order valence-electron chi connectivity index (χ3n) is 4.37. The number of nitrogens with one attached hydrogen (secondary N) is 1. The van der Waals surface area contributed by atoms with Crippen LogP contribution in [0.1, 0.15) is 36.8 Å². The summed E-state index contributed by atoms with van der Waals surface area (Å²) in [5.74, 6) is -0.182. The molecule has 0 aliphatic carbocycles. The first-order valence-corrected chi connectivity index (χ1v) is 8.82. The molecule has 1 amide bonds. The van der Waals surface area contributed by atoms with E-state index in [2.05, 4.69) is 27.5 Å². The summed E-state index contributed by atoms with van der Waals surface area (Å²) >= 11 is 6.01. The Kier molecular flexibility index (Phi) is 5.13. The maximum Gasteiger partial charge on any atom is 0.249 e. The van der Waals surface area contributed by atoms with Crippen LogP contribution in [-0.4, -0.2) is 35.2 Å². The first-order valence-electron chi connectivity index (χ1n) is 8.45. The SMILES string of the molecule is CCn1ncc(Cn2cc(NC(=O)C(C)n3cc(Cl)c(C)n3)cn2)c1C. The van der Waals surface area contributed by atoms with Gasteiger partial charge >= 0.3 is 0 Å². The summed E-state index contributed by atoms with van der Waals surface area (Å²) in [5.41, 5.74) is 3.55. The third kappa shape index (κ3) is 3.65. The summed E-state index contributed by atoms with van der Waals surface area (Å²) in [4.78, 5) is 12.4. The van der Waals surface area contributed by atoms with E-state index in [9.17, 15) is 4.79 Å². The fourth-order valence-corrected chi connectivity index (χ4v) is 2.81. The van der Waals surface area contributed by atoms with Crippen LogP contribution in [0.4, 0.5) is 5.69 Å². The Morgan fingerprint density at radius 3 is 2.65 bits per heavy atom. The van der Waals surface area contributed by atoms with Crippen LogP contribution in [0.3, 0.4) is 0 Å². The normalized spacial score (nSPS) is 12.3. The number of carbonyl (C=O) groups is 1. The molecule has 3 aromatic rings. The Labute approximate surface area is 156 Å². The van der Waals surface area contributed by atoms with Crippen molar-refractivity contribution >= 4 is 23.2 Å². The zero-order valence-corrected chi connectivity index (χ0v) is 16.0. The molecule has 0 aliphatic heterocycles. The van der Waals surface area contributed by atoms with Crippen molar-refractivity contribution in [2.45, 2.75) is 46.8 Å². The Morgan fingerprint density at radius 2 is 2.04 bits per heavy atom. The molecule has 138 valence electrons. The van der Waals surface area contributed by atoms with Gasteiger partial charge in [-0.15, -0.1) is 0 Å². The minimum atomic E-state index is -0.477. The van der Waals surface area contributed by atoms with Crippen molar-refractivity contribution in [1.82, 2.24) is 29.3 Å². The lowest BCUT2D eigenvalue weighted by Gasteiger charge is -2.11. The van der Waals surface area contributed by atoms with E-state index < -0.39 is 6.04 Å². The Morgan fingerprint density at radius 1 is 1.27 bits per heavy atom. The van der Waals surface area contributed by atoms with Gasteiger partial charge in [0.15, 0.2) is 0 Å². The van der Waals surface area contributed by atoms with Gasteiger partial charge in [-0.2, -0.15) is 15.3 Å². The number of aryl methyl sites for hydroxylation is 2. The smallest absolute Gasteiger partial charge is 0.249 e. The monoisotopic (exact) mass is 375 g/mol. The van der Waals surface area contributed by atoms with E-state index in [1.807, 2.05) is 17.8 Å². The minimum absolute atomic E-state index is 0.182. The van der Waals surface area contributed by atoms with Crippen molar-refractivity contribution in [3.63, 3.8) is 0 Å². The van der Waals surface area contributed by atoms with Crippen LogP contribution in [0.5, 0.6) is 0 Å². The number of aromatic nitrogens is 6. The molecule has 9 heteroatoms. The van der Waals surface area contributed by atoms with Crippen LogP contribution in [0.15, 0.2) is 24.8 Å². The first-order chi connectivity index (χ1) is 12.4. The molecule has 0 aliphatic rings. The molecule has 1 N–H and O–H groups in total. The van der Waals surface area contributed by atoms with E-state index in [1.54, 1.807) is 41.8 Å². The molecule has 0 fully saturated rings. The topological polar surface area (TPSA) is 82.6 Å². The van der Waals surface area contributed by atoms with Gasteiger partial charge in [0.1, 0.15) is 6.04 Å². The molecule has 0 saturated carbocycles. The molecule has 0 radical (unpaired) electrons. The van der Waals surface area contributed by atoms with E-state index in [0.29, 0.717) is 22.9 Å². The van der Waals surface area contributed by atoms with Crippen molar-refractivity contribution in [3.05, 3.63) is 46.8 Å². The molecule has 3 aromatic heterocycles. The van der Waals surface area contributed by atoms with Gasteiger partial charge in [0.2, 0.25) is 5.91 Å². The van der Waals surface area contributed by atoms with Crippen molar-refractivity contribution in [3.8, 4) is 0 Å². The van der Waals surface area contributed by atoms with Crippen LogP contribution >= 0.6 is 11.6 Å². The molecule has 3 heterocycles. The van der Waals surface area contributed by atoms with E-state index in [1.165, 1.54) is 0 Å². The maximum atomic E-state index is 12.4. The summed E-state index contributed by atoms with van der Waals surface area (Å²) in [6.45, 7) is 9.10. The predicted octanol–water partition coefficient (Wildman–Crippen LogP) is 2.81. The number of hydrogen-bond donors (Lipinski definition) is 1. The minimum Gasteiger partial charge on any atom is -0.322 e. The molecule has 0 saturated heterocycles. The summed E-state index contributed by atoms with van der Waals surface area (Å²) in [5, 5.41) is 16.3. The number of anilines is 1. The van der Waals surface area contributed by atoms with E-state index in [4.69, 9.17) is 11.6 Å². The van der Waals surface area contributed by atoms with Crippen molar-refractivity contribution < 1.29 is 4.79 Å². The molecule has 0 aromatic carbocycles. The number of rotatable bonds is 6. The van der Waals surface area contributed by atoms with E-state index in [-0.39, 0.29) is 5.91 Å². The molecule has 3 rings (SSSR count). The molecule has 0 spiro atoms. The molecule has 8 nitrogen and oxygen atoms in total. The molecule has 1 atom stereocenters. The second kappa shape index (κ2) is 7.33. The fraction of sp³-hybridized carbons (Fsp3) is 0.412. The van der Waals surface area contributed by atoms with Gasteiger partial charge in [-0.1, -0.05) is 11.6 Å². The van der Waals surface area contributed by atoms with Gasteiger partial charge in [-0.3, -0.25) is 18.8 Å². The maximum absolute atomic E-state index is 12.4. The highest BCUT2D eigenvalue weighted by molar-refractivity contribution is 6.31. The first kappa shape index (κ1) is 18.2. The second-order valence-electron chi connectivity index (χ2n) is 6.21. The quantitative estimate of drug-likeness (QED) is 0.718. The summed E-state index contributed by atoms with van der Waals surface area (Å²) in [7, 11) is 0. The number of hydrogen-bond acceptors (Lipinski definition) is 4. The number of nitrogens with zero attached hydrogens (tertiary/aromatic N) is 6. The zero-order chi connectivity index (χ0) is 18.8. The molecule has 26 heavy (non-hydrogen) atoms. The molecular weight excluding hydrogens is 354 g/mol. The van der Waals surface area contributed by atoms with Crippen molar-refractivity contribution in [1.29, 1.82) is 0 Å². The van der Waals surface area contributed by atoms with Gasteiger partial charge < -0.3 is 5.32 Å². The van der Waals surface area contributed by atoms with Crippen molar-refractivity contribution in [2.24, 2.45) is 0 Å². The van der Waals surface area contributed by atoms with E-state index >= 15 is 0 Å². The lowest BCUT2D eigenvalue weighted by atomic mass is 10.2. The van der Waals surface area contributed by atoms with Crippen LogP contribution in [-0.2, 0) is 17.9 Å². The average Bonchev–Trinajstić information content (AvgIpc) is 3.29. The van der Waals surface area contributed by atoms with Gasteiger partial charge in [-0.05, 0) is 27.7 Å². The van der Waals surface area contributed by atoms with E-state index in [0.717, 1.165) is 17.8 Å². The number of halogens is 1. The second-order valence-corrected chi connectivity index (χ2v) is 6.61. The average molecular weight is 376 g/mol. The van der Waals surface area contributed by atoms with Crippen LogP contribution in [0.25, 0.3) is 0 Å². The standard InChI is InChI=1S/C17H22ClN7O/c1-5-24-12(3)14(6-20-24)8-23-9-15(7-19-23)21-17(26)13(4)25-10-16(18)11(2)22-25/h6-7,9-10,13H,5,8H2,1-4H3,(H,21,26). The highest BCUT2D eigenvalue weighted by atomic mass is 35.5. The third-order valence-corrected chi connectivity index (χ3v) is 4.74. The summed E-state index contributed by atoms with van der Waals surface area (Å²) < 4.78 is 5.28. The molecule has 1 unspecified atom stereocenters. The summed E-state index contributed by atoms with van der Waals surface area (Å²) in [6, 6.07) is -0.477. The lowest BCUT2D eigenvalue weighted by molar-refractivity contribution is -0.119. The van der Waals surface area contributed by atoms with Gasteiger partial charge in [-0.25, -0.2) is 0 Å². The molecule has 0 bridgehead atoms. The summed E-state index contributed by atoms with van der Waals surface area (Å²) in [6.07, 6.45) is 6.93. The number of amides is 1. The van der Waals surface area contributed by atoms with Gasteiger partial charge in [0.25, 0.3) is 0 Å². The predicted molar refractivity (Wildman–Crippen MR) is 99.3 cm³/mol. The van der Waals surface area contributed by atoms with Crippen LogP contribution in [0, 0.1) is 13.8 Å². The van der Waals surface area contributed by atoms with Gasteiger partial charge in [0, 0.05) is 30.2 Å². The highest BCUT2D eigenvalue weighted by Gasteiger charge is 2.18. The van der Waals surface area contributed by atoms with Gasteiger partial charge in [0.05, 0.1) is 35.3 Å². The Hall–Kier alpha value is -2.61. The Bertz CT molecular complexity index is 904. The van der Waals surface area contributed by atoms with Crippen molar-refractivity contribution in [2.75, 3.05) is 5.32 Å². The lowest BCUT2D eigenvalue weighted by Crippen LogP contribution is -2.23. The fourth-order valence-electron chi connectivity index (χ4n) is 2.67. The largest absolute Gasteiger partial charge is 0.322 e. The zero-order valence-electron chi connectivity index (χ0n) is 15.3. The highest BCUT2D eigenvalue weighted by Crippen LogP contribution is 2.17. The van der Waals surface area contributed by atoms with Crippen LogP contribution < -0.4 is 5.32 Å².